The van der Waals surface area contributed by atoms with Gasteiger partial charge in [0.2, 0.25) is 0 Å². The largest absolute Gasteiger partial charge is 0.504 e. The lowest BCUT2D eigenvalue weighted by Crippen LogP contribution is -2.24. The molecule has 100 valence electrons. The summed E-state index contributed by atoms with van der Waals surface area (Å²) in [5.41, 5.74) is 0.123. The molecule has 0 saturated carbocycles. The minimum Gasteiger partial charge on any atom is -0.504 e. The van der Waals surface area contributed by atoms with Crippen LogP contribution in [-0.4, -0.2) is 27.8 Å². The number of carbonyl (C=O) groups excluding carboxylic acids is 1. The highest BCUT2D eigenvalue weighted by Gasteiger charge is 2.12. The van der Waals surface area contributed by atoms with Gasteiger partial charge in [0, 0.05) is 12.1 Å². The maximum Gasteiger partial charge on any atom is 0.251 e. The van der Waals surface area contributed by atoms with E-state index in [1.807, 2.05) is 0 Å². The second-order valence-electron chi connectivity index (χ2n) is 4.18. The summed E-state index contributed by atoms with van der Waals surface area (Å²) in [6.07, 6.45) is 4.22. The zero-order chi connectivity index (χ0) is 13.5. The van der Waals surface area contributed by atoms with Crippen molar-refractivity contribution < 1.29 is 20.1 Å². The Morgan fingerprint density at radius 2 is 1.72 bits per heavy atom. The van der Waals surface area contributed by atoms with Crippen LogP contribution in [-0.2, 0) is 0 Å². The lowest BCUT2D eigenvalue weighted by molar-refractivity contribution is 0.0952. The van der Waals surface area contributed by atoms with Crippen molar-refractivity contribution in [1.82, 2.24) is 5.32 Å². The van der Waals surface area contributed by atoms with Crippen molar-refractivity contribution in [2.75, 3.05) is 6.54 Å². The monoisotopic (exact) mass is 253 g/mol. The zero-order valence-corrected chi connectivity index (χ0v) is 10.4. The number of hydrogen-bond donors (Lipinski definition) is 4. The average molecular weight is 253 g/mol. The summed E-state index contributed by atoms with van der Waals surface area (Å²) in [4.78, 5) is 11.7. The molecule has 0 bridgehead atoms. The highest BCUT2D eigenvalue weighted by Crippen LogP contribution is 2.35. The van der Waals surface area contributed by atoms with Gasteiger partial charge >= 0.3 is 0 Å². The molecule has 1 rings (SSSR count). The number of phenolic OH excluding ortho intramolecular Hbond substituents is 3. The Morgan fingerprint density at radius 3 is 2.28 bits per heavy atom. The molecule has 0 aliphatic heterocycles. The fraction of sp³-hybridized carbons (Fsp3) is 0.462. The number of unbranched alkanes of at least 4 members (excludes halogenated alkanes) is 3. The van der Waals surface area contributed by atoms with E-state index in [0.717, 1.165) is 37.8 Å². The Bertz CT molecular complexity index is 394. The van der Waals surface area contributed by atoms with Gasteiger partial charge in [-0.3, -0.25) is 4.79 Å². The molecule has 0 saturated heterocycles. The summed E-state index contributed by atoms with van der Waals surface area (Å²) in [7, 11) is 0. The molecule has 1 aromatic rings. The third kappa shape index (κ3) is 3.84. The van der Waals surface area contributed by atoms with Crippen molar-refractivity contribution in [2.24, 2.45) is 0 Å². The second-order valence-corrected chi connectivity index (χ2v) is 4.18. The molecular formula is C13H19NO4. The van der Waals surface area contributed by atoms with E-state index in [9.17, 15) is 15.0 Å². The first-order valence-electron chi connectivity index (χ1n) is 6.09. The third-order valence-corrected chi connectivity index (χ3v) is 2.65. The Hall–Kier alpha value is -1.91. The first-order chi connectivity index (χ1) is 8.56. The predicted molar refractivity (Wildman–Crippen MR) is 67.9 cm³/mol. The Balaban J connectivity index is 2.52. The first kappa shape index (κ1) is 14.2. The molecule has 0 aliphatic rings. The predicted octanol–water partition coefficient (Wildman–Crippen LogP) is 2.11. The second kappa shape index (κ2) is 6.74. The highest BCUT2D eigenvalue weighted by atomic mass is 16.3. The van der Waals surface area contributed by atoms with E-state index >= 15 is 0 Å². The van der Waals surface area contributed by atoms with Gasteiger partial charge in [-0.05, 0) is 18.6 Å². The highest BCUT2D eigenvalue weighted by molar-refractivity contribution is 5.95. The van der Waals surface area contributed by atoms with E-state index in [-0.39, 0.29) is 11.5 Å². The standard InChI is InChI=1S/C13H19NO4/c1-2-3-4-5-6-14-13(18)9-7-10(15)12(17)11(16)8-9/h7-8,15-17H,2-6H2,1H3,(H,14,18). The normalized spacial score (nSPS) is 10.3. The van der Waals surface area contributed by atoms with Crippen LogP contribution in [0.15, 0.2) is 12.1 Å². The minimum atomic E-state index is -0.616. The quantitative estimate of drug-likeness (QED) is 0.461. The summed E-state index contributed by atoms with van der Waals surface area (Å²) in [6.45, 7) is 2.67. The van der Waals surface area contributed by atoms with E-state index in [0.29, 0.717) is 6.54 Å². The van der Waals surface area contributed by atoms with Crippen molar-refractivity contribution in [3.8, 4) is 17.2 Å². The van der Waals surface area contributed by atoms with Gasteiger partial charge in [-0.2, -0.15) is 0 Å². The van der Waals surface area contributed by atoms with Crippen LogP contribution >= 0.6 is 0 Å². The van der Waals surface area contributed by atoms with Crippen molar-refractivity contribution in [2.45, 2.75) is 32.6 Å². The van der Waals surface area contributed by atoms with Gasteiger partial charge in [0.25, 0.3) is 5.91 Å². The zero-order valence-electron chi connectivity index (χ0n) is 10.4. The molecule has 5 nitrogen and oxygen atoms in total. The van der Waals surface area contributed by atoms with Crippen molar-refractivity contribution >= 4 is 5.91 Å². The van der Waals surface area contributed by atoms with E-state index in [1.165, 1.54) is 0 Å². The molecule has 0 atom stereocenters. The average Bonchev–Trinajstić information content (AvgIpc) is 2.34. The topological polar surface area (TPSA) is 89.8 Å². The molecule has 0 aliphatic carbocycles. The molecule has 1 amide bonds. The van der Waals surface area contributed by atoms with Crippen LogP contribution < -0.4 is 5.32 Å². The van der Waals surface area contributed by atoms with Crippen LogP contribution in [0.1, 0.15) is 43.0 Å². The van der Waals surface area contributed by atoms with Gasteiger partial charge in [0.05, 0.1) is 0 Å². The van der Waals surface area contributed by atoms with E-state index in [1.54, 1.807) is 0 Å². The SMILES string of the molecule is CCCCCCNC(=O)c1cc(O)c(O)c(O)c1. The molecule has 0 spiro atoms. The molecule has 0 heterocycles. The van der Waals surface area contributed by atoms with Crippen LogP contribution in [0.4, 0.5) is 0 Å². The number of benzene rings is 1. The van der Waals surface area contributed by atoms with Crippen molar-refractivity contribution in [1.29, 1.82) is 0 Å². The van der Waals surface area contributed by atoms with Gasteiger partial charge in [0.15, 0.2) is 17.2 Å². The number of phenols is 3. The van der Waals surface area contributed by atoms with Crippen LogP contribution in [0.3, 0.4) is 0 Å². The maximum atomic E-state index is 11.7. The van der Waals surface area contributed by atoms with Crippen LogP contribution in [0.25, 0.3) is 0 Å². The van der Waals surface area contributed by atoms with Crippen LogP contribution in [0.5, 0.6) is 17.2 Å². The number of rotatable bonds is 6. The number of hydrogen-bond acceptors (Lipinski definition) is 4. The molecule has 0 fully saturated rings. The summed E-state index contributed by atoms with van der Waals surface area (Å²) < 4.78 is 0. The fourth-order valence-corrected chi connectivity index (χ4v) is 1.59. The smallest absolute Gasteiger partial charge is 0.251 e. The molecular weight excluding hydrogens is 234 g/mol. The lowest BCUT2D eigenvalue weighted by atomic mass is 10.1. The van der Waals surface area contributed by atoms with Crippen molar-refractivity contribution in [3.05, 3.63) is 17.7 Å². The fourth-order valence-electron chi connectivity index (χ4n) is 1.59. The van der Waals surface area contributed by atoms with Gasteiger partial charge in [-0.15, -0.1) is 0 Å². The summed E-state index contributed by atoms with van der Waals surface area (Å²) >= 11 is 0. The Morgan fingerprint density at radius 1 is 1.11 bits per heavy atom. The number of amides is 1. The minimum absolute atomic E-state index is 0.123. The van der Waals surface area contributed by atoms with E-state index < -0.39 is 17.2 Å². The maximum absolute atomic E-state index is 11.7. The Labute approximate surface area is 106 Å². The molecule has 18 heavy (non-hydrogen) atoms. The number of aromatic hydroxyl groups is 3. The van der Waals surface area contributed by atoms with Crippen molar-refractivity contribution in [3.63, 3.8) is 0 Å². The van der Waals surface area contributed by atoms with Crippen LogP contribution in [0, 0.1) is 0 Å². The van der Waals surface area contributed by atoms with Gasteiger partial charge in [0.1, 0.15) is 0 Å². The molecule has 5 heteroatoms. The first-order valence-corrected chi connectivity index (χ1v) is 6.09. The molecule has 0 aromatic heterocycles. The van der Waals surface area contributed by atoms with E-state index in [4.69, 9.17) is 5.11 Å². The third-order valence-electron chi connectivity index (χ3n) is 2.65. The summed E-state index contributed by atoms with van der Waals surface area (Å²) in [5.74, 6) is -2.01. The molecule has 4 N–H and O–H groups in total. The molecule has 1 aromatic carbocycles. The Kier molecular flexibility index (Phi) is 5.30. The lowest BCUT2D eigenvalue weighted by Gasteiger charge is -2.07. The summed E-state index contributed by atoms with van der Waals surface area (Å²) in [6, 6.07) is 2.24. The molecule has 0 radical (unpaired) electrons. The van der Waals surface area contributed by atoms with Gasteiger partial charge < -0.3 is 20.6 Å². The van der Waals surface area contributed by atoms with Gasteiger partial charge in [-0.25, -0.2) is 0 Å². The van der Waals surface area contributed by atoms with E-state index in [2.05, 4.69) is 12.2 Å². The van der Waals surface area contributed by atoms with Gasteiger partial charge in [-0.1, -0.05) is 26.2 Å². The number of carbonyl (C=O) groups is 1. The van der Waals surface area contributed by atoms with Crippen LogP contribution in [0.2, 0.25) is 0 Å². The number of nitrogens with one attached hydrogen (secondary N) is 1. The summed E-state index contributed by atoms with van der Waals surface area (Å²) in [5, 5.41) is 30.4. The molecule has 0 unspecified atom stereocenters.